The third kappa shape index (κ3) is 9.04. The largest absolute Gasteiger partial charge is 0.388 e. The summed E-state index contributed by atoms with van der Waals surface area (Å²) < 4.78 is 26.1. The smallest absolute Gasteiger partial charge is 0.280 e. The zero-order chi connectivity index (χ0) is 31.6. The Hall–Kier alpha value is -3.45. The minimum atomic E-state index is -2.79. The second kappa shape index (κ2) is 16.0. The molecule has 5 N–H and O–H groups in total. The molecule has 0 saturated heterocycles. The van der Waals surface area contributed by atoms with Crippen LogP contribution in [-0.4, -0.2) is 60.7 Å². The van der Waals surface area contributed by atoms with Crippen LogP contribution in [-0.2, 0) is 25.2 Å². The van der Waals surface area contributed by atoms with Crippen LogP contribution in [0, 0.1) is 5.92 Å². The van der Waals surface area contributed by atoms with Gasteiger partial charge in [0.05, 0.1) is 31.7 Å². The number of fused-ring (bicyclic) bond motifs is 1. The molecule has 0 aliphatic heterocycles. The third-order valence-corrected chi connectivity index (χ3v) is 8.55. The number of ether oxygens (including phenoxy) is 1. The lowest BCUT2D eigenvalue weighted by molar-refractivity contribution is -0.125. The number of rotatable bonds is 16. The number of amides is 1. The molecule has 4 rings (SSSR count). The zero-order valence-corrected chi connectivity index (χ0v) is 26.1. The molecular weight excluding hydrogens is 587 g/mol. The first-order valence-corrected chi connectivity index (χ1v) is 16.0. The van der Waals surface area contributed by atoms with E-state index in [0.29, 0.717) is 30.5 Å². The summed E-state index contributed by atoms with van der Waals surface area (Å²) in [4.78, 5) is 34.9. The Kier molecular flexibility index (Phi) is 12.2. The second-order valence-electron chi connectivity index (χ2n) is 10.8. The number of nitrogens with one attached hydrogen (secondary N) is 3. The standard InChI is InChI=1S/C30H41N6O7P/c1-4-23(36-18-31-25-27(36)33-30(32-20(3)37)34-28(25)39)14-9-15-43-44(41)35-24(16-22-13-8-10-19(2)26(22)38)29(40)42-17-21-11-6-5-7-12-21/h5-8,10-13,18-19,23-24,26,29,38,40,44H,4,9,14-17H2,1-3H3,(H,35,41)(H2,32,33,34,37,39)/t19?,23?,24-,26?,29?/m0/s1. The minimum Gasteiger partial charge on any atom is -0.388 e. The monoisotopic (exact) mass is 628 g/mol. The summed E-state index contributed by atoms with van der Waals surface area (Å²) in [5.41, 5.74) is 1.65. The maximum Gasteiger partial charge on any atom is 0.280 e. The fraction of sp³-hybridized carbons (Fsp3) is 0.467. The topological polar surface area (TPSA) is 181 Å². The number of aromatic nitrogens is 4. The van der Waals surface area contributed by atoms with Crippen LogP contribution in [0.5, 0.6) is 0 Å². The summed E-state index contributed by atoms with van der Waals surface area (Å²) in [5, 5.41) is 26.9. The van der Waals surface area contributed by atoms with E-state index in [4.69, 9.17) is 9.26 Å². The minimum absolute atomic E-state index is 0.0473. The van der Waals surface area contributed by atoms with Gasteiger partial charge in [0.25, 0.3) is 13.7 Å². The molecular formula is C30H41N6O7P. The first-order chi connectivity index (χ1) is 21.2. The van der Waals surface area contributed by atoms with Gasteiger partial charge in [0, 0.05) is 18.9 Å². The molecule has 0 fully saturated rings. The normalized spacial score (nSPS) is 19.3. The first kappa shape index (κ1) is 33.4. The lowest BCUT2D eigenvalue weighted by Gasteiger charge is -2.29. The number of carbonyl (C=O) groups excluding carboxylic acids is 1. The molecule has 13 nitrogen and oxygen atoms in total. The molecule has 5 unspecified atom stereocenters. The van der Waals surface area contributed by atoms with Crippen molar-refractivity contribution in [3.8, 4) is 0 Å². The Morgan fingerprint density at radius 2 is 2.05 bits per heavy atom. The van der Waals surface area contributed by atoms with Gasteiger partial charge in [0.15, 0.2) is 17.5 Å². The number of aromatic amines is 1. The van der Waals surface area contributed by atoms with Crippen LogP contribution in [0.1, 0.15) is 58.1 Å². The number of imidazole rings is 1. The molecule has 1 amide bonds. The van der Waals surface area contributed by atoms with Crippen molar-refractivity contribution in [1.29, 1.82) is 0 Å². The van der Waals surface area contributed by atoms with Gasteiger partial charge in [-0.3, -0.25) is 24.5 Å². The zero-order valence-electron chi connectivity index (χ0n) is 25.1. The molecule has 1 aromatic carbocycles. The molecule has 0 radical (unpaired) electrons. The van der Waals surface area contributed by atoms with Crippen molar-refractivity contribution < 1.29 is 28.8 Å². The van der Waals surface area contributed by atoms with Crippen molar-refractivity contribution in [3.63, 3.8) is 0 Å². The van der Waals surface area contributed by atoms with Crippen LogP contribution in [0.4, 0.5) is 5.95 Å². The van der Waals surface area contributed by atoms with E-state index in [1.807, 2.05) is 56.3 Å². The van der Waals surface area contributed by atoms with E-state index in [2.05, 4.69) is 25.4 Å². The number of carbonyl (C=O) groups is 1. The van der Waals surface area contributed by atoms with Gasteiger partial charge in [-0.05, 0) is 36.8 Å². The van der Waals surface area contributed by atoms with Gasteiger partial charge in [-0.25, -0.2) is 10.1 Å². The van der Waals surface area contributed by atoms with Gasteiger partial charge in [-0.2, -0.15) is 4.98 Å². The molecule has 44 heavy (non-hydrogen) atoms. The number of H-pyrrole nitrogens is 1. The number of nitrogens with zero attached hydrogens (tertiary/aromatic N) is 3. The maximum atomic E-state index is 13.0. The number of hydrogen-bond acceptors (Lipinski definition) is 9. The summed E-state index contributed by atoms with van der Waals surface area (Å²) >= 11 is 0. The Bertz CT molecular complexity index is 1540. The lowest BCUT2D eigenvalue weighted by Crippen LogP contribution is -2.40. The predicted octanol–water partition coefficient (Wildman–Crippen LogP) is 3.59. The summed E-state index contributed by atoms with van der Waals surface area (Å²) in [6.45, 7) is 5.56. The van der Waals surface area contributed by atoms with Crippen molar-refractivity contribution in [2.75, 3.05) is 11.9 Å². The number of benzene rings is 1. The maximum absolute atomic E-state index is 13.0. The average Bonchev–Trinajstić information content (AvgIpc) is 3.42. The summed E-state index contributed by atoms with van der Waals surface area (Å²) in [7, 11) is -2.79. The van der Waals surface area contributed by atoms with Crippen LogP contribution in [0.15, 0.2) is 65.3 Å². The fourth-order valence-corrected chi connectivity index (χ4v) is 6.03. The highest BCUT2D eigenvalue weighted by Gasteiger charge is 2.28. The van der Waals surface area contributed by atoms with Crippen molar-refractivity contribution in [3.05, 3.63) is 76.4 Å². The number of aliphatic hydroxyl groups is 2. The summed E-state index contributed by atoms with van der Waals surface area (Å²) in [6.07, 6.45) is 7.17. The molecule has 0 spiro atoms. The number of aliphatic hydroxyl groups excluding tert-OH is 2. The molecule has 0 saturated carbocycles. The number of allylic oxidation sites excluding steroid dienone is 2. The fourth-order valence-electron chi connectivity index (χ4n) is 5.07. The van der Waals surface area contributed by atoms with Crippen molar-refractivity contribution in [2.45, 2.75) is 77.5 Å². The van der Waals surface area contributed by atoms with E-state index >= 15 is 0 Å². The van der Waals surface area contributed by atoms with Crippen LogP contribution >= 0.6 is 8.18 Å². The van der Waals surface area contributed by atoms with Gasteiger partial charge >= 0.3 is 0 Å². The van der Waals surface area contributed by atoms with Gasteiger partial charge in [0.2, 0.25) is 11.9 Å². The second-order valence-corrected chi connectivity index (χ2v) is 12.0. The van der Waals surface area contributed by atoms with Gasteiger partial charge < -0.3 is 24.0 Å². The van der Waals surface area contributed by atoms with E-state index in [-0.39, 0.29) is 49.0 Å². The molecule has 14 heteroatoms. The van der Waals surface area contributed by atoms with Crippen LogP contribution < -0.4 is 16.0 Å². The highest BCUT2D eigenvalue weighted by molar-refractivity contribution is 7.36. The summed E-state index contributed by atoms with van der Waals surface area (Å²) in [6, 6.07) is 8.55. The molecule has 2 aromatic heterocycles. The molecule has 238 valence electrons. The lowest BCUT2D eigenvalue weighted by atomic mass is 9.89. The molecule has 0 bridgehead atoms. The molecule has 3 aromatic rings. The Morgan fingerprint density at radius 3 is 2.77 bits per heavy atom. The van der Waals surface area contributed by atoms with Crippen LogP contribution in [0.2, 0.25) is 0 Å². The van der Waals surface area contributed by atoms with E-state index in [1.54, 1.807) is 17.0 Å². The first-order valence-electron chi connectivity index (χ1n) is 14.7. The van der Waals surface area contributed by atoms with Gasteiger partial charge in [-0.1, -0.05) is 62.4 Å². The highest BCUT2D eigenvalue weighted by Crippen LogP contribution is 2.28. The third-order valence-electron chi connectivity index (χ3n) is 7.48. The van der Waals surface area contributed by atoms with E-state index in [0.717, 1.165) is 5.56 Å². The summed E-state index contributed by atoms with van der Waals surface area (Å²) in [5.74, 6) is -0.399. The van der Waals surface area contributed by atoms with E-state index in [1.165, 1.54) is 6.92 Å². The van der Waals surface area contributed by atoms with Gasteiger partial charge in [0.1, 0.15) is 0 Å². The van der Waals surface area contributed by atoms with Crippen LogP contribution in [0.3, 0.4) is 0 Å². The van der Waals surface area contributed by atoms with Crippen molar-refractivity contribution in [2.24, 2.45) is 5.92 Å². The van der Waals surface area contributed by atoms with Crippen LogP contribution in [0.25, 0.3) is 11.2 Å². The molecule has 2 heterocycles. The number of anilines is 1. The average molecular weight is 629 g/mol. The van der Waals surface area contributed by atoms with E-state index < -0.39 is 32.2 Å². The molecule has 1 aliphatic carbocycles. The van der Waals surface area contributed by atoms with Crippen molar-refractivity contribution >= 4 is 31.2 Å². The SMILES string of the molecule is CCC(CCCO[PH](=O)N[C@@H](CC1=CC=CC(C)C1O)C(O)OCc1ccccc1)n1cnc2c(=O)[nH]c(NC(C)=O)nc21. The Morgan fingerprint density at radius 1 is 1.27 bits per heavy atom. The number of hydrogen-bond donors (Lipinski definition) is 5. The quantitative estimate of drug-likeness (QED) is 0.0894. The predicted molar refractivity (Wildman–Crippen MR) is 167 cm³/mol. The Labute approximate surface area is 256 Å². The Balaban J connectivity index is 1.35. The van der Waals surface area contributed by atoms with E-state index in [9.17, 15) is 24.4 Å². The molecule has 6 atom stereocenters. The van der Waals surface area contributed by atoms with Crippen molar-refractivity contribution in [1.82, 2.24) is 24.6 Å². The highest BCUT2D eigenvalue weighted by atomic mass is 31.1. The molecule has 1 aliphatic rings. The van der Waals surface area contributed by atoms with Gasteiger partial charge in [-0.15, -0.1) is 0 Å².